The molecule has 0 radical (unpaired) electrons. The Morgan fingerprint density at radius 2 is 2.11 bits per heavy atom. The first-order valence-corrected chi connectivity index (χ1v) is 4.64. The van der Waals surface area contributed by atoms with Gasteiger partial charge in [-0.3, -0.25) is 15.5 Å². The number of anilines is 1. The van der Waals surface area contributed by atoms with Gasteiger partial charge in [-0.05, 0) is 0 Å². The number of nitrogens with zero attached hydrogens (tertiary/aromatic N) is 4. The Balaban J connectivity index is 3.11. The van der Waals surface area contributed by atoms with Gasteiger partial charge in [-0.15, -0.1) is 0 Å². The van der Waals surface area contributed by atoms with E-state index in [1.54, 1.807) is 0 Å². The van der Waals surface area contributed by atoms with Gasteiger partial charge in [0, 0.05) is 12.1 Å². The molecule has 0 amide bonds. The number of hydrogen-bond acceptors (Lipinski definition) is 6. The molecule has 0 unspecified atom stereocenters. The molecule has 1 N–H and O–H groups in total. The van der Waals surface area contributed by atoms with Gasteiger partial charge >= 0.3 is 5.69 Å². The minimum atomic E-state index is -1.11. The molecule has 0 aliphatic rings. The highest BCUT2D eigenvalue weighted by Gasteiger charge is 2.17. The van der Waals surface area contributed by atoms with E-state index in [0.29, 0.717) is 0 Å². The topological polar surface area (TPSA) is 115 Å². The second-order valence-electron chi connectivity index (χ2n) is 2.84. The van der Waals surface area contributed by atoms with Crippen LogP contribution in [-0.4, -0.2) is 10.6 Å². The van der Waals surface area contributed by atoms with E-state index < -0.39 is 22.1 Å². The average Bonchev–Trinajstić information content (AvgIpc) is 2.33. The summed E-state index contributed by atoms with van der Waals surface area (Å²) in [5.74, 6) is -1.11. The standard InChI is InChI=1S/C9H3ClFN5O2/c10-6-1-9(16(17)18)7(11)2-8(6)15-14-5(3-12)4-13/h1-2,15H. The third kappa shape index (κ3) is 2.90. The fourth-order valence-corrected chi connectivity index (χ4v) is 1.15. The van der Waals surface area contributed by atoms with Crippen molar-refractivity contribution in [2.75, 3.05) is 5.43 Å². The van der Waals surface area contributed by atoms with Crippen LogP contribution in [0.1, 0.15) is 0 Å². The molecular weight excluding hydrogens is 265 g/mol. The van der Waals surface area contributed by atoms with Crippen LogP contribution in [0.25, 0.3) is 0 Å². The highest BCUT2D eigenvalue weighted by molar-refractivity contribution is 6.33. The molecule has 0 aliphatic carbocycles. The highest BCUT2D eigenvalue weighted by Crippen LogP contribution is 2.29. The van der Waals surface area contributed by atoms with Gasteiger partial charge in [0.05, 0.1) is 15.6 Å². The summed E-state index contributed by atoms with van der Waals surface area (Å²) in [6.45, 7) is 0. The molecule has 0 fully saturated rings. The molecule has 0 spiro atoms. The number of hydrazone groups is 1. The van der Waals surface area contributed by atoms with Crippen LogP contribution in [0.5, 0.6) is 0 Å². The Morgan fingerprint density at radius 1 is 1.50 bits per heavy atom. The van der Waals surface area contributed by atoms with Crippen molar-refractivity contribution in [2.45, 2.75) is 0 Å². The molecule has 1 rings (SSSR count). The number of nitrogens with one attached hydrogen (secondary N) is 1. The number of halogens is 2. The summed E-state index contributed by atoms with van der Waals surface area (Å²) in [6.07, 6.45) is 0. The zero-order valence-corrected chi connectivity index (χ0v) is 9.27. The smallest absolute Gasteiger partial charge is 0.275 e. The van der Waals surface area contributed by atoms with E-state index in [4.69, 9.17) is 22.1 Å². The molecule has 0 saturated heterocycles. The first kappa shape index (κ1) is 13.4. The predicted octanol–water partition coefficient (Wildman–Crippen LogP) is 2.20. The van der Waals surface area contributed by atoms with Gasteiger partial charge in [0.1, 0.15) is 12.1 Å². The maximum absolute atomic E-state index is 13.3. The Morgan fingerprint density at radius 3 is 2.61 bits per heavy atom. The second-order valence-corrected chi connectivity index (χ2v) is 3.24. The van der Waals surface area contributed by atoms with E-state index >= 15 is 0 Å². The lowest BCUT2D eigenvalue weighted by molar-refractivity contribution is -0.387. The molecule has 0 bridgehead atoms. The van der Waals surface area contributed by atoms with Crippen molar-refractivity contribution >= 4 is 28.7 Å². The van der Waals surface area contributed by atoms with Crippen molar-refractivity contribution in [1.29, 1.82) is 10.5 Å². The molecule has 90 valence electrons. The van der Waals surface area contributed by atoms with Crippen molar-refractivity contribution in [2.24, 2.45) is 5.10 Å². The summed E-state index contributed by atoms with van der Waals surface area (Å²) in [5.41, 5.74) is 0.798. The molecule has 1 aromatic rings. The van der Waals surface area contributed by atoms with Crippen LogP contribution in [-0.2, 0) is 0 Å². The van der Waals surface area contributed by atoms with Crippen molar-refractivity contribution in [1.82, 2.24) is 0 Å². The van der Waals surface area contributed by atoms with E-state index in [-0.39, 0.29) is 10.7 Å². The molecule has 7 nitrogen and oxygen atoms in total. The molecule has 0 atom stereocenters. The predicted molar refractivity (Wildman–Crippen MR) is 60.3 cm³/mol. The fraction of sp³-hybridized carbons (Fsp3) is 0. The maximum Gasteiger partial charge on any atom is 0.306 e. The van der Waals surface area contributed by atoms with Crippen LogP contribution < -0.4 is 5.43 Å². The first-order valence-electron chi connectivity index (χ1n) is 4.27. The molecule has 18 heavy (non-hydrogen) atoms. The van der Waals surface area contributed by atoms with Gasteiger partial charge < -0.3 is 0 Å². The van der Waals surface area contributed by atoms with Crippen LogP contribution in [0.4, 0.5) is 15.8 Å². The summed E-state index contributed by atoms with van der Waals surface area (Å²) < 4.78 is 13.3. The van der Waals surface area contributed by atoms with E-state index in [2.05, 4.69) is 10.5 Å². The van der Waals surface area contributed by atoms with Crippen LogP contribution in [0.2, 0.25) is 5.02 Å². The van der Waals surface area contributed by atoms with Crippen LogP contribution >= 0.6 is 11.6 Å². The zero-order valence-electron chi connectivity index (χ0n) is 8.52. The normalized spacial score (nSPS) is 8.89. The Hall–Kier alpha value is -2.71. The van der Waals surface area contributed by atoms with E-state index in [0.717, 1.165) is 12.1 Å². The lowest BCUT2D eigenvalue weighted by Gasteiger charge is -2.03. The first-order chi connectivity index (χ1) is 8.49. The lowest BCUT2D eigenvalue weighted by Crippen LogP contribution is -1.99. The third-order valence-electron chi connectivity index (χ3n) is 1.73. The van der Waals surface area contributed by atoms with E-state index in [1.807, 2.05) is 0 Å². The maximum atomic E-state index is 13.3. The van der Waals surface area contributed by atoms with Gasteiger partial charge in [0.2, 0.25) is 11.5 Å². The summed E-state index contributed by atoms with van der Waals surface area (Å²) >= 11 is 5.65. The fourth-order valence-electron chi connectivity index (χ4n) is 0.953. The van der Waals surface area contributed by atoms with Crippen LogP contribution in [0.15, 0.2) is 17.2 Å². The van der Waals surface area contributed by atoms with Crippen molar-refractivity contribution in [3.8, 4) is 12.1 Å². The number of nitriles is 2. The van der Waals surface area contributed by atoms with Gasteiger partial charge in [-0.1, -0.05) is 11.6 Å². The Labute approximate surface area is 105 Å². The summed E-state index contributed by atoms with van der Waals surface area (Å²) in [5, 5.41) is 30.4. The number of nitro groups is 1. The van der Waals surface area contributed by atoms with Crippen LogP contribution in [0, 0.1) is 38.6 Å². The SMILES string of the molecule is N#CC(C#N)=NNc1cc(F)c([N+](=O)[O-])cc1Cl. The minimum Gasteiger partial charge on any atom is -0.275 e. The van der Waals surface area contributed by atoms with Gasteiger partial charge in [-0.25, -0.2) is 0 Å². The number of benzene rings is 1. The highest BCUT2D eigenvalue weighted by atomic mass is 35.5. The van der Waals surface area contributed by atoms with Crippen molar-refractivity contribution < 1.29 is 9.31 Å². The number of nitro benzene ring substituents is 1. The zero-order chi connectivity index (χ0) is 13.7. The largest absolute Gasteiger partial charge is 0.306 e. The third-order valence-corrected chi connectivity index (χ3v) is 2.05. The number of rotatable bonds is 3. The quantitative estimate of drug-likeness (QED) is 0.512. The lowest BCUT2D eigenvalue weighted by atomic mass is 10.3. The number of hydrogen-bond donors (Lipinski definition) is 1. The van der Waals surface area contributed by atoms with Crippen LogP contribution in [0.3, 0.4) is 0 Å². The van der Waals surface area contributed by atoms with Gasteiger partial charge in [0.15, 0.2) is 0 Å². The Bertz CT molecular complexity index is 601. The summed E-state index contributed by atoms with van der Waals surface area (Å²) in [6, 6.07) is 4.48. The molecule has 0 saturated carbocycles. The molecule has 0 aliphatic heterocycles. The monoisotopic (exact) mass is 267 g/mol. The summed E-state index contributed by atoms with van der Waals surface area (Å²) in [7, 11) is 0. The van der Waals surface area contributed by atoms with Gasteiger partial charge in [0.25, 0.3) is 0 Å². The minimum absolute atomic E-state index is 0.0947. The molecule has 0 aromatic heterocycles. The van der Waals surface area contributed by atoms with Crippen molar-refractivity contribution in [3.63, 3.8) is 0 Å². The van der Waals surface area contributed by atoms with Crippen molar-refractivity contribution in [3.05, 3.63) is 33.1 Å². The van der Waals surface area contributed by atoms with Gasteiger partial charge in [-0.2, -0.15) is 20.0 Å². The Kier molecular flexibility index (Phi) is 4.13. The average molecular weight is 268 g/mol. The summed E-state index contributed by atoms with van der Waals surface area (Å²) in [4.78, 5) is 9.49. The molecule has 1 aromatic carbocycles. The van der Waals surface area contributed by atoms with E-state index in [9.17, 15) is 14.5 Å². The van der Waals surface area contributed by atoms with E-state index in [1.165, 1.54) is 12.1 Å². The second kappa shape index (κ2) is 5.57. The molecule has 0 heterocycles. The molecule has 9 heteroatoms. The molecular formula is C9H3ClFN5O2.